The van der Waals surface area contributed by atoms with Gasteiger partial charge in [-0.1, -0.05) is 32.9 Å². The quantitative estimate of drug-likeness (QED) is 0.855. The number of hydrogen-bond acceptors (Lipinski definition) is 2. The maximum Gasteiger partial charge on any atom is 0.223 e. The van der Waals surface area contributed by atoms with Crippen molar-refractivity contribution in [3.8, 4) is 0 Å². The molecule has 0 bridgehead atoms. The molecule has 116 valence electrons. The fourth-order valence-electron chi connectivity index (χ4n) is 2.57. The first kappa shape index (κ1) is 16.0. The first-order valence-corrected chi connectivity index (χ1v) is 7.58. The molecule has 0 N–H and O–H groups in total. The Labute approximate surface area is 126 Å². The van der Waals surface area contributed by atoms with E-state index in [9.17, 15) is 9.18 Å². The summed E-state index contributed by atoms with van der Waals surface area (Å²) in [4.78, 5) is 16.5. The van der Waals surface area contributed by atoms with E-state index in [1.807, 2.05) is 17.0 Å². The summed E-state index contributed by atoms with van der Waals surface area (Å²) in [6, 6.07) is 6.65. The van der Waals surface area contributed by atoms with Crippen molar-refractivity contribution in [3.63, 3.8) is 0 Å². The Balaban J connectivity index is 1.80. The predicted octanol–water partition coefficient (Wildman–Crippen LogP) is 2.91. The monoisotopic (exact) mass is 292 g/mol. The van der Waals surface area contributed by atoms with Crippen LogP contribution < -0.4 is 0 Å². The summed E-state index contributed by atoms with van der Waals surface area (Å²) in [6.07, 6.45) is 0.602. The minimum atomic E-state index is -0.198. The van der Waals surface area contributed by atoms with Gasteiger partial charge in [-0.15, -0.1) is 0 Å². The second kappa shape index (κ2) is 6.56. The van der Waals surface area contributed by atoms with Crippen LogP contribution in [0.1, 0.15) is 32.8 Å². The Kier molecular flexibility index (Phi) is 4.99. The van der Waals surface area contributed by atoms with Crippen molar-refractivity contribution in [2.45, 2.75) is 33.7 Å². The van der Waals surface area contributed by atoms with Gasteiger partial charge in [0, 0.05) is 39.1 Å². The van der Waals surface area contributed by atoms with Crippen LogP contribution >= 0.6 is 0 Å². The maximum absolute atomic E-state index is 12.9. The van der Waals surface area contributed by atoms with Crippen LogP contribution in [-0.4, -0.2) is 41.9 Å². The first-order chi connectivity index (χ1) is 9.83. The predicted molar refractivity (Wildman–Crippen MR) is 82.3 cm³/mol. The second-order valence-electron chi connectivity index (χ2n) is 7.02. The topological polar surface area (TPSA) is 23.6 Å². The van der Waals surface area contributed by atoms with Gasteiger partial charge in [-0.3, -0.25) is 9.69 Å². The standard InChI is InChI=1S/C17H25FN2O/c1-17(2,3)12-16(21)20-10-8-19(9-11-20)13-14-4-6-15(18)7-5-14/h4-7H,8-13H2,1-3H3. The third-order valence-corrected chi connectivity index (χ3v) is 3.73. The molecule has 0 aliphatic carbocycles. The van der Waals surface area contributed by atoms with Gasteiger partial charge in [0.1, 0.15) is 5.82 Å². The highest BCUT2D eigenvalue weighted by molar-refractivity contribution is 5.76. The van der Waals surface area contributed by atoms with E-state index in [0.717, 1.165) is 38.3 Å². The van der Waals surface area contributed by atoms with Crippen molar-refractivity contribution in [1.29, 1.82) is 0 Å². The van der Waals surface area contributed by atoms with Gasteiger partial charge in [-0.05, 0) is 23.1 Å². The smallest absolute Gasteiger partial charge is 0.223 e. The van der Waals surface area contributed by atoms with Gasteiger partial charge in [-0.25, -0.2) is 4.39 Å². The molecule has 0 aromatic heterocycles. The van der Waals surface area contributed by atoms with E-state index in [2.05, 4.69) is 25.7 Å². The molecule has 1 amide bonds. The summed E-state index contributed by atoms with van der Waals surface area (Å²) in [5.41, 5.74) is 1.16. The Bertz CT molecular complexity index is 471. The number of piperazine rings is 1. The lowest BCUT2D eigenvalue weighted by Gasteiger charge is -2.36. The third kappa shape index (κ3) is 5.12. The summed E-state index contributed by atoms with van der Waals surface area (Å²) < 4.78 is 12.9. The number of benzene rings is 1. The molecule has 0 radical (unpaired) electrons. The van der Waals surface area contributed by atoms with Crippen molar-refractivity contribution in [3.05, 3.63) is 35.6 Å². The van der Waals surface area contributed by atoms with E-state index in [1.165, 1.54) is 12.1 Å². The molecule has 1 aliphatic rings. The lowest BCUT2D eigenvalue weighted by molar-refractivity contribution is -0.134. The zero-order chi connectivity index (χ0) is 15.5. The van der Waals surface area contributed by atoms with Crippen molar-refractivity contribution < 1.29 is 9.18 Å². The minimum Gasteiger partial charge on any atom is -0.340 e. The molecular formula is C17H25FN2O. The first-order valence-electron chi connectivity index (χ1n) is 7.58. The van der Waals surface area contributed by atoms with E-state index in [4.69, 9.17) is 0 Å². The van der Waals surface area contributed by atoms with Crippen LogP contribution in [0.5, 0.6) is 0 Å². The fourth-order valence-corrected chi connectivity index (χ4v) is 2.57. The van der Waals surface area contributed by atoms with Crippen LogP contribution in [0.3, 0.4) is 0 Å². The van der Waals surface area contributed by atoms with Gasteiger partial charge in [0.25, 0.3) is 0 Å². The zero-order valence-electron chi connectivity index (χ0n) is 13.2. The van der Waals surface area contributed by atoms with E-state index in [1.54, 1.807) is 0 Å². The second-order valence-corrected chi connectivity index (χ2v) is 7.02. The van der Waals surface area contributed by atoms with Crippen LogP contribution in [0.2, 0.25) is 0 Å². The Morgan fingerprint density at radius 3 is 2.19 bits per heavy atom. The minimum absolute atomic E-state index is 0.0440. The van der Waals surface area contributed by atoms with Crippen molar-refractivity contribution in [1.82, 2.24) is 9.80 Å². The number of nitrogens with zero attached hydrogens (tertiary/aromatic N) is 2. The molecule has 1 heterocycles. The van der Waals surface area contributed by atoms with Crippen molar-refractivity contribution >= 4 is 5.91 Å². The average molecular weight is 292 g/mol. The van der Waals surface area contributed by atoms with Gasteiger partial charge in [0.2, 0.25) is 5.91 Å². The van der Waals surface area contributed by atoms with Gasteiger partial charge < -0.3 is 4.90 Å². The molecule has 3 nitrogen and oxygen atoms in total. The Morgan fingerprint density at radius 1 is 1.10 bits per heavy atom. The van der Waals surface area contributed by atoms with Crippen LogP contribution in [0.4, 0.5) is 4.39 Å². The molecule has 1 fully saturated rings. The molecule has 0 atom stereocenters. The van der Waals surface area contributed by atoms with E-state index >= 15 is 0 Å². The summed E-state index contributed by atoms with van der Waals surface area (Å²) in [6.45, 7) is 10.4. The molecule has 0 spiro atoms. The Morgan fingerprint density at radius 2 is 1.67 bits per heavy atom. The molecular weight excluding hydrogens is 267 g/mol. The van der Waals surface area contributed by atoms with E-state index < -0.39 is 0 Å². The highest BCUT2D eigenvalue weighted by atomic mass is 19.1. The molecule has 1 aliphatic heterocycles. The average Bonchev–Trinajstić information content (AvgIpc) is 2.40. The van der Waals surface area contributed by atoms with Crippen molar-refractivity contribution in [2.75, 3.05) is 26.2 Å². The van der Waals surface area contributed by atoms with Gasteiger partial charge in [0.15, 0.2) is 0 Å². The number of carbonyl (C=O) groups excluding carboxylic acids is 1. The number of halogens is 1. The molecule has 0 saturated carbocycles. The van der Waals surface area contributed by atoms with E-state index in [-0.39, 0.29) is 17.1 Å². The van der Waals surface area contributed by atoms with Crippen LogP contribution in [0.15, 0.2) is 24.3 Å². The molecule has 0 unspecified atom stereocenters. The van der Waals surface area contributed by atoms with E-state index in [0.29, 0.717) is 6.42 Å². The maximum atomic E-state index is 12.9. The van der Waals surface area contributed by atoms with Gasteiger partial charge in [0.05, 0.1) is 0 Å². The van der Waals surface area contributed by atoms with Gasteiger partial charge in [-0.2, -0.15) is 0 Å². The summed E-state index contributed by atoms with van der Waals surface area (Å²) >= 11 is 0. The molecule has 1 aromatic carbocycles. The van der Waals surface area contributed by atoms with Crippen LogP contribution in [0, 0.1) is 11.2 Å². The lowest BCUT2D eigenvalue weighted by Crippen LogP contribution is -2.48. The summed E-state index contributed by atoms with van der Waals surface area (Å²) in [5, 5.41) is 0. The van der Waals surface area contributed by atoms with Crippen LogP contribution in [-0.2, 0) is 11.3 Å². The van der Waals surface area contributed by atoms with Gasteiger partial charge >= 0.3 is 0 Å². The number of hydrogen-bond donors (Lipinski definition) is 0. The number of amides is 1. The Hall–Kier alpha value is -1.42. The largest absolute Gasteiger partial charge is 0.340 e. The van der Waals surface area contributed by atoms with Crippen LogP contribution in [0.25, 0.3) is 0 Å². The fraction of sp³-hybridized carbons (Fsp3) is 0.588. The zero-order valence-corrected chi connectivity index (χ0v) is 13.2. The normalized spacial score (nSPS) is 17.0. The highest BCUT2D eigenvalue weighted by Gasteiger charge is 2.24. The number of rotatable bonds is 3. The SMILES string of the molecule is CC(C)(C)CC(=O)N1CCN(Cc2ccc(F)cc2)CC1. The van der Waals surface area contributed by atoms with Crippen molar-refractivity contribution in [2.24, 2.45) is 5.41 Å². The lowest BCUT2D eigenvalue weighted by atomic mass is 9.91. The third-order valence-electron chi connectivity index (χ3n) is 3.73. The molecule has 21 heavy (non-hydrogen) atoms. The summed E-state index contributed by atoms with van der Waals surface area (Å²) in [5.74, 6) is 0.0558. The summed E-state index contributed by atoms with van der Waals surface area (Å²) in [7, 11) is 0. The molecule has 2 rings (SSSR count). The molecule has 1 aromatic rings. The molecule has 4 heteroatoms. The highest BCUT2D eigenvalue weighted by Crippen LogP contribution is 2.20. The molecule has 1 saturated heterocycles. The number of carbonyl (C=O) groups is 1.